The molecule has 3 nitrogen and oxygen atoms in total. The summed E-state index contributed by atoms with van der Waals surface area (Å²) in [6.07, 6.45) is 0. The Labute approximate surface area is 88.8 Å². The van der Waals surface area contributed by atoms with Crippen molar-refractivity contribution in [2.24, 2.45) is 0 Å². The van der Waals surface area contributed by atoms with Crippen LogP contribution in [0.2, 0.25) is 0 Å². The van der Waals surface area contributed by atoms with Gasteiger partial charge in [0, 0.05) is 26.9 Å². The van der Waals surface area contributed by atoms with Crippen molar-refractivity contribution < 1.29 is 18.6 Å². The van der Waals surface area contributed by atoms with Gasteiger partial charge < -0.3 is 14.2 Å². The Morgan fingerprint density at radius 3 is 2.00 bits per heavy atom. The fourth-order valence-corrected chi connectivity index (χ4v) is 1.39. The smallest absolute Gasteiger partial charge is 0.311 e. The molecule has 0 spiro atoms. The van der Waals surface area contributed by atoms with Crippen LogP contribution in [-0.2, 0) is 20.2 Å². The summed E-state index contributed by atoms with van der Waals surface area (Å²) in [5.41, 5.74) is 1.05. The molecule has 0 atom stereocenters. The topological polar surface area (TPSA) is 27.7 Å². The Bertz CT molecular complexity index is 326. The second kappa shape index (κ2) is 4.70. The van der Waals surface area contributed by atoms with Gasteiger partial charge in [-0.1, -0.05) is 12.1 Å². The van der Waals surface area contributed by atoms with Crippen molar-refractivity contribution in [2.45, 2.75) is 12.9 Å². The van der Waals surface area contributed by atoms with Gasteiger partial charge in [-0.2, -0.15) is 0 Å². The van der Waals surface area contributed by atoms with Gasteiger partial charge in [-0.3, -0.25) is 0 Å². The third-order valence-corrected chi connectivity index (χ3v) is 2.33. The van der Waals surface area contributed by atoms with E-state index in [1.807, 2.05) is 0 Å². The highest BCUT2D eigenvalue weighted by Gasteiger charge is 2.32. The van der Waals surface area contributed by atoms with E-state index in [-0.39, 0.29) is 5.82 Å². The molecule has 0 amide bonds. The maximum absolute atomic E-state index is 13.4. The van der Waals surface area contributed by atoms with Crippen molar-refractivity contribution in [3.05, 3.63) is 35.1 Å². The lowest BCUT2D eigenvalue weighted by molar-refractivity contribution is -0.364. The molecule has 0 saturated carbocycles. The lowest BCUT2D eigenvalue weighted by Gasteiger charge is -2.29. The Balaban J connectivity index is 3.17. The minimum atomic E-state index is -1.34. The third-order valence-electron chi connectivity index (χ3n) is 2.33. The summed E-state index contributed by atoms with van der Waals surface area (Å²) in [6.45, 7) is 1.69. The van der Waals surface area contributed by atoms with Crippen LogP contribution in [0.3, 0.4) is 0 Å². The number of methoxy groups -OCH3 is 3. The van der Waals surface area contributed by atoms with Gasteiger partial charge in [-0.15, -0.1) is 0 Å². The highest BCUT2D eigenvalue weighted by Crippen LogP contribution is 2.27. The summed E-state index contributed by atoms with van der Waals surface area (Å²) in [7, 11) is 4.31. The van der Waals surface area contributed by atoms with Crippen LogP contribution in [0.5, 0.6) is 0 Å². The van der Waals surface area contributed by atoms with E-state index in [2.05, 4.69) is 0 Å². The Morgan fingerprint density at radius 1 is 1.07 bits per heavy atom. The standard InChI is InChI=1S/C11H15FO3/c1-8-5-6-9(7-10(8)12)11(13-2,14-3)15-4/h5-7H,1-4H3. The summed E-state index contributed by atoms with van der Waals surface area (Å²) < 4.78 is 28.7. The van der Waals surface area contributed by atoms with E-state index in [9.17, 15) is 4.39 Å². The largest absolute Gasteiger partial charge is 0.327 e. The van der Waals surface area contributed by atoms with Crippen molar-refractivity contribution in [1.82, 2.24) is 0 Å². The van der Waals surface area contributed by atoms with E-state index >= 15 is 0 Å². The highest BCUT2D eigenvalue weighted by atomic mass is 19.1. The predicted molar refractivity (Wildman–Crippen MR) is 53.8 cm³/mol. The first-order chi connectivity index (χ1) is 7.09. The first-order valence-corrected chi connectivity index (χ1v) is 4.51. The van der Waals surface area contributed by atoms with E-state index in [0.29, 0.717) is 11.1 Å². The average molecular weight is 214 g/mol. The molecule has 0 aliphatic rings. The van der Waals surface area contributed by atoms with Crippen molar-refractivity contribution >= 4 is 0 Å². The first-order valence-electron chi connectivity index (χ1n) is 4.51. The Morgan fingerprint density at radius 2 is 1.60 bits per heavy atom. The quantitative estimate of drug-likeness (QED) is 0.719. The van der Waals surface area contributed by atoms with Crippen LogP contribution >= 0.6 is 0 Å². The van der Waals surface area contributed by atoms with Crippen LogP contribution in [0.25, 0.3) is 0 Å². The van der Waals surface area contributed by atoms with E-state index in [1.54, 1.807) is 19.1 Å². The zero-order valence-electron chi connectivity index (χ0n) is 9.33. The molecular formula is C11H15FO3. The van der Waals surface area contributed by atoms with Crippen molar-refractivity contribution in [3.63, 3.8) is 0 Å². The predicted octanol–water partition coefficient (Wildman–Crippen LogP) is 2.18. The van der Waals surface area contributed by atoms with Gasteiger partial charge in [0.25, 0.3) is 0 Å². The van der Waals surface area contributed by atoms with Gasteiger partial charge >= 0.3 is 5.97 Å². The zero-order valence-corrected chi connectivity index (χ0v) is 9.33. The highest BCUT2D eigenvalue weighted by molar-refractivity contribution is 5.25. The van der Waals surface area contributed by atoms with E-state index in [1.165, 1.54) is 27.4 Å². The lowest BCUT2D eigenvalue weighted by Crippen LogP contribution is -2.33. The molecule has 0 saturated heterocycles. The number of hydrogen-bond acceptors (Lipinski definition) is 3. The van der Waals surface area contributed by atoms with Crippen molar-refractivity contribution in [3.8, 4) is 0 Å². The number of benzene rings is 1. The summed E-state index contributed by atoms with van der Waals surface area (Å²) in [6, 6.07) is 4.69. The van der Waals surface area contributed by atoms with E-state index in [4.69, 9.17) is 14.2 Å². The summed E-state index contributed by atoms with van der Waals surface area (Å²) in [5, 5.41) is 0. The summed E-state index contributed by atoms with van der Waals surface area (Å²) >= 11 is 0. The minimum absolute atomic E-state index is 0.317. The molecule has 0 fully saturated rings. The second-order valence-electron chi connectivity index (χ2n) is 3.13. The molecule has 0 aliphatic carbocycles. The van der Waals surface area contributed by atoms with Crippen LogP contribution in [0.1, 0.15) is 11.1 Å². The van der Waals surface area contributed by atoms with Gasteiger partial charge in [0.05, 0.1) is 0 Å². The molecule has 0 bridgehead atoms. The van der Waals surface area contributed by atoms with E-state index < -0.39 is 5.97 Å². The van der Waals surface area contributed by atoms with E-state index in [0.717, 1.165) is 0 Å². The number of halogens is 1. The zero-order chi connectivity index (χ0) is 11.5. The normalized spacial score (nSPS) is 11.8. The molecule has 0 unspecified atom stereocenters. The Kier molecular flexibility index (Phi) is 3.79. The molecule has 4 heteroatoms. The van der Waals surface area contributed by atoms with Gasteiger partial charge in [-0.25, -0.2) is 4.39 Å². The van der Waals surface area contributed by atoms with Crippen LogP contribution in [0, 0.1) is 12.7 Å². The van der Waals surface area contributed by atoms with Gasteiger partial charge in [0.1, 0.15) is 5.82 Å². The molecule has 0 N–H and O–H groups in total. The number of hydrogen-bond donors (Lipinski definition) is 0. The third kappa shape index (κ3) is 2.17. The molecular weight excluding hydrogens is 199 g/mol. The molecule has 1 aromatic carbocycles. The SMILES string of the molecule is COC(OC)(OC)c1ccc(C)c(F)c1. The van der Waals surface area contributed by atoms with Gasteiger partial charge in [0.2, 0.25) is 0 Å². The number of rotatable bonds is 4. The maximum Gasteiger partial charge on any atom is 0.311 e. The molecule has 0 radical (unpaired) electrons. The summed E-state index contributed by atoms with van der Waals surface area (Å²) in [5.74, 6) is -1.66. The van der Waals surface area contributed by atoms with Crippen LogP contribution in [0.15, 0.2) is 18.2 Å². The minimum Gasteiger partial charge on any atom is -0.327 e. The fourth-order valence-electron chi connectivity index (χ4n) is 1.39. The average Bonchev–Trinajstić information content (AvgIpc) is 2.26. The van der Waals surface area contributed by atoms with Gasteiger partial charge in [-0.05, 0) is 18.6 Å². The molecule has 0 heterocycles. The van der Waals surface area contributed by atoms with Crippen molar-refractivity contribution in [2.75, 3.05) is 21.3 Å². The second-order valence-corrected chi connectivity index (χ2v) is 3.13. The Hall–Kier alpha value is -0.970. The molecule has 15 heavy (non-hydrogen) atoms. The van der Waals surface area contributed by atoms with Crippen LogP contribution in [-0.4, -0.2) is 21.3 Å². The molecule has 0 aliphatic heterocycles. The first kappa shape index (κ1) is 12.1. The number of aryl methyl sites for hydroxylation is 1. The molecule has 1 rings (SSSR count). The maximum atomic E-state index is 13.4. The fraction of sp³-hybridized carbons (Fsp3) is 0.455. The molecule has 0 aromatic heterocycles. The molecule has 84 valence electrons. The monoisotopic (exact) mass is 214 g/mol. The lowest BCUT2D eigenvalue weighted by atomic mass is 10.1. The number of ether oxygens (including phenoxy) is 3. The summed E-state index contributed by atoms with van der Waals surface area (Å²) in [4.78, 5) is 0. The van der Waals surface area contributed by atoms with Crippen molar-refractivity contribution in [1.29, 1.82) is 0 Å². The van der Waals surface area contributed by atoms with Gasteiger partial charge in [0.15, 0.2) is 0 Å². The van der Waals surface area contributed by atoms with Crippen LogP contribution in [0.4, 0.5) is 4.39 Å². The van der Waals surface area contributed by atoms with Crippen LogP contribution < -0.4 is 0 Å². The molecule has 1 aromatic rings.